The minimum Gasteiger partial charge on any atom is -0.507 e. The van der Waals surface area contributed by atoms with Crippen LogP contribution in [0.4, 0.5) is 0 Å². The number of carboxylic acids is 1. The lowest BCUT2D eigenvalue weighted by molar-refractivity contribution is -0.271. The number of hydrogen-bond donors (Lipinski definition) is 6. The van der Waals surface area contributed by atoms with Gasteiger partial charge in [-0.25, -0.2) is 9.59 Å². The number of cyclic esters (lactones) is 1. The van der Waals surface area contributed by atoms with Gasteiger partial charge in [-0.1, -0.05) is 12.2 Å². The fourth-order valence-corrected chi connectivity index (χ4v) is 4.09. The number of esters is 1. The van der Waals surface area contributed by atoms with Gasteiger partial charge in [0, 0.05) is 6.07 Å². The number of aliphatic hydroxyl groups is 4. The molecule has 0 radical (unpaired) electrons. The molecule has 1 saturated heterocycles. The molecule has 1 fully saturated rings. The third-order valence-corrected chi connectivity index (χ3v) is 6.05. The first-order chi connectivity index (χ1) is 16.6. The Bertz CT molecular complexity index is 930. The highest BCUT2D eigenvalue weighted by Crippen LogP contribution is 2.33. The SMILES string of the molecule is C[C@H]1CCC[C@@H](O)CCC/C=C/c2cc(O[C@@H]3O[C@H](C(=O)O)[C@@H](O)[C@H](O)[C@H]3O)cc(O)c2C(=O)O1. The molecule has 194 valence electrons. The predicted octanol–water partition coefficient (Wildman–Crippen LogP) is 0.937. The topological polar surface area (TPSA) is 183 Å². The van der Waals surface area contributed by atoms with E-state index in [0.717, 1.165) is 6.07 Å². The largest absolute Gasteiger partial charge is 0.507 e. The average molecular weight is 497 g/mol. The zero-order chi connectivity index (χ0) is 25.7. The second-order valence-electron chi connectivity index (χ2n) is 8.89. The number of rotatable bonds is 3. The normalized spacial score (nSPS) is 33.6. The number of aliphatic carboxylic acids is 1. The molecule has 2 aliphatic rings. The van der Waals surface area contributed by atoms with Crippen LogP contribution in [0.25, 0.3) is 6.08 Å². The molecule has 0 saturated carbocycles. The summed E-state index contributed by atoms with van der Waals surface area (Å²) >= 11 is 0. The number of fused-ring (bicyclic) bond motifs is 1. The van der Waals surface area contributed by atoms with Gasteiger partial charge in [0.25, 0.3) is 0 Å². The second-order valence-corrected chi connectivity index (χ2v) is 8.89. The molecule has 0 spiro atoms. The van der Waals surface area contributed by atoms with E-state index in [-0.39, 0.29) is 16.9 Å². The summed E-state index contributed by atoms with van der Waals surface area (Å²) in [5.41, 5.74) is 0.150. The van der Waals surface area contributed by atoms with Crippen LogP contribution >= 0.6 is 0 Å². The Morgan fingerprint density at radius 2 is 1.74 bits per heavy atom. The molecule has 7 atom stereocenters. The van der Waals surface area contributed by atoms with Crippen LogP contribution in [-0.2, 0) is 14.3 Å². The number of allylic oxidation sites excluding steroid dienone is 1. The monoisotopic (exact) mass is 496 g/mol. The van der Waals surface area contributed by atoms with Gasteiger partial charge in [0.15, 0.2) is 6.10 Å². The van der Waals surface area contributed by atoms with Crippen molar-refractivity contribution in [3.8, 4) is 11.5 Å². The number of phenols is 1. The van der Waals surface area contributed by atoms with Crippen LogP contribution in [0, 0.1) is 0 Å². The molecule has 1 aromatic carbocycles. The van der Waals surface area contributed by atoms with E-state index < -0.39 is 60.6 Å². The van der Waals surface area contributed by atoms with Crippen LogP contribution in [0.3, 0.4) is 0 Å². The van der Waals surface area contributed by atoms with Gasteiger partial charge in [-0.05, 0) is 57.1 Å². The number of aliphatic hydroxyl groups excluding tert-OH is 4. The number of carbonyl (C=O) groups is 2. The molecule has 0 bridgehead atoms. The molecular formula is C24H32O11. The van der Waals surface area contributed by atoms with Crippen LogP contribution in [-0.4, -0.2) is 85.5 Å². The summed E-state index contributed by atoms with van der Waals surface area (Å²) in [4.78, 5) is 24.1. The summed E-state index contributed by atoms with van der Waals surface area (Å²) in [6.07, 6.45) is -2.80. The van der Waals surface area contributed by atoms with Gasteiger partial charge in [-0.15, -0.1) is 0 Å². The number of carboxylic acid groups (broad SMARTS) is 1. The number of hydrogen-bond acceptors (Lipinski definition) is 10. The van der Waals surface area contributed by atoms with E-state index in [1.165, 1.54) is 6.07 Å². The molecule has 3 rings (SSSR count). The Morgan fingerprint density at radius 1 is 1.03 bits per heavy atom. The zero-order valence-corrected chi connectivity index (χ0v) is 19.3. The van der Waals surface area contributed by atoms with Crippen molar-refractivity contribution < 1.29 is 54.4 Å². The molecule has 0 amide bonds. The van der Waals surface area contributed by atoms with Crippen molar-refractivity contribution in [1.29, 1.82) is 0 Å². The highest BCUT2D eigenvalue weighted by molar-refractivity contribution is 5.97. The van der Waals surface area contributed by atoms with Gasteiger partial charge in [0.05, 0.1) is 12.2 Å². The minimum absolute atomic E-state index is 0.0833. The highest BCUT2D eigenvalue weighted by atomic mass is 16.7. The van der Waals surface area contributed by atoms with Gasteiger partial charge in [-0.2, -0.15) is 0 Å². The van der Waals surface area contributed by atoms with E-state index in [2.05, 4.69) is 0 Å². The summed E-state index contributed by atoms with van der Waals surface area (Å²) in [7, 11) is 0. The Balaban J connectivity index is 1.89. The van der Waals surface area contributed by atoms with E-state index in [1.54, 1.807) is 19.1 Å². The molecule has 0 aromatic heterocycles. The first-order valence-electron chi connectivity index (χ1n) is 11.6. The number of phenolic OH excluding ortho intramolecular Hbond substituents is 1. The van der Waals surface area contributed by atoms with Crippen LogP contribution in [0.1, 0.15) is 61.4 Å². The first-order valence-corrected chi connectivity index (χ1v) is 11.6. The third-order valence-electron chi connectivity index (χ3n) is 6.05. The summed E-state index contributed by atoms with van der Waals surface area (Å²) in [6.45, 7) is 1.72. The molecule has 2 heterocycles. The van der Waals surface area contributed by atoms with E-state index in [1.807, 2.05) is 0 Å². The quantitative estimate of drug-likeness (QED) is 0.327. The lowest BCUT2D eigenvalue weighted by Gasteiger charge is -2.38. The van der Waals surface area contributed by atoms with E-state index in [9.17, 15) is 40.2 Å². The van der Waals surface area contributed by atoms with Gasteiger partial charge in [0.1, 0.15) is 35.4 Å². The highest BCUT2D eigenvalue weighted by Gasteiger charge is 2.48. The Morgan fingerprint density at radius 3 is 2.46 bits per heavy atom. The lowest BCUT2D eigenvalue weighted by Crippen LogP contribution is -2.61. The van der Waals surface area contributed by atoms with Crippen molar-refractivity contribution >= 4 is 18.0 Å². The van der Waals surface area contributed by atoms with Crippen molar-refractivity contribution in [1.82, 2.24) is 0 Å². The molecule has 2 aliphatic heterocycles. The average Bonchev–Trinajstić information content (AvgIpc) is 2.78. The van der Waals surface area contributed by atoms with Crippen molar-refractivity contribution in [2.75, 3.05) is 0 Å². The molecule has 6 N–H and O–H groups in total. The van der Waals surface area contributed by atoms with E-state index >= 15 is 0 Å². The Kier molecular flexibility index (Phi) is 9.09. The molecular weight excluding hydrogens is 464 g/mol. The molecule has 35 heavy (non-hydrogen) atoms. The van der Waals surface area contributed by atoms with Crippen molar-refractivity contribution in [3.05, 3.63) is 29.3 Å². The van der Waals surface area contributed by atoms with Gasteiger partial charge in [0.2, 0.25) is 6.29 Å². The Hall–Kier alpha value is -2.70. The van der Waals surface area contributed by atoms with Crippen molar-refractivity contribution in [2.24, 2.45) is 0 Å². The van der Waals surface area contributed by atoms with Crippen LogP contribution < -0.4 is 4.74 Å². The maximum atomic E-state index is 12.8. The molecule has 0 aliphatic carbocycles. The maximum absolute atomic E-state index is 12.8. The van der Waals surface area contributed by atoms with Gasteiger partial charge in [-0.3, -0.25) is 0 Å². The second kappa shape index (κ2) is 11.8. The first kappa shape index (κ1) is 26.9. The number of benzene rings is 1. The number of carbonyl (C=O) groups excluding carboxylic acids is 1. The van der Waals surface area contributed by atoms with Crippen molar-refractivity contribution in [2.45, 2.75) is 88.4 Å². The third kappa shape index (κ3) is 6.71. The summed E-state index contributed by atoms with van der Waals surface area (Å²) < 4.78 is 16.1. The van der Waals surface area contributed by atoms with E-state index in [0.29, 0.717) is 38.5 Å². The zero-order valence-electron chi connectivity index (χ0n) is 19.3. The molecule has 11 heteroatoms. The van der Waals surface area contributed by atoms with Crippen LogP contribution in [0.2, 0.25) is 0 Å². The molecule has 1 aromatic rings. The predicted molar refractivity (Wildman–Crippen MR) is 121 cm³/mol. The summed E-state index contributed by atoms with van der Waals surface area (Å²) in [6, 6.07) is 2.46. The van der Waals surface area contributed by atoms with Crippen LogP contribution in [0.5, 0.6) is 11.5 Å². The van der Waals surface area contributed by atoms with Crippen molar-refractivity contribution in [3.63, 3.8) is 0 Å². The number of aromatic hydroxyl groups is 1. The standard InChI is InChI=1S/C24H32O11/c1-12-6-5-9-14(25)8-4-2-3-7-13-10-15(11-16(26)17(13)23(32)33-12)34-24-20(29)18(27)19(28)21(35-24)22(30)31/h3,7,10-12,14,18-21,24-29H,2,4-6,8-9H2,1H3,(H,30,31)/b7-3+/t12-,14-,18-,19-,20+,21-,24+/m0/s1. The Labute approximate surface area is 202 Å². The van der Waals surface area contributed by atoms with E-state index in [4.69, 9.17) is 14.2 Å². The summed E-state index contributed by atoms with van der Waals surface area (Å²) in [5, 5.41) is 59.9. The van der Waals surface area contributed by atoms with Crippen LogP contribution in [0.15, 0.2) is 18.2 Å². The maximum Gasteiger partial charge on any atom is 0.342 e. The smallest absolute Gasteiger partial charge is 0.342 e. The minimum atomic E-state index is -1.88. The fourth-order valence-electron chi connectivity index (χ4n) is 4.09. The van der Waals surface area contributed by atoms with Gasteiger partial charge < -0.3 is 44.8 Å². The molecule has 11 nitrogen and oxygen atoms in total. The summed E-state index contributed by atoms with van der Waals surface area (Å²) in [5.74, 6) is -2.87. The fraction of sp³-hybridized carbons (Fsp3) is 0.583. The molecule has 0 unspecified atom stereocenters. The van der Waals surface area contributed by atoms with Gasteiger partial charge >= 0.3 is 11.9 Å². The lowest BCUT2D eigenvalue weighted by atomic mass is 9.99. The number of ether oxygens (including phenoxy) is 3.